The molecule has 24 heavy (non-hydrogen) atoms. The number of benzene rings is 2. The summed E-state index contributed by atoms with van der Waals surface area (Å²) in [6, 6.07) is 15.1. The molecule has 0 aliphatic carbocycles. The van der Waals surface area contributed by atoms with E-state index in [1.165, 1.54) is 0 Å². The van der Waals surface area contributed by atoms with Crippen LogP contribution in [0.15, 0.2) is 48.5 Å². The van der Waals surface area contributed by atoms with E-state index in [-0.39, 0.29) is 6.03 Å². The predicted molar refractivity (Wildman–Crippen MR) is 98.0 cm³/mol. The number of urea groups is 1. The van der Waals surface area contributed by atoms with Crippen molar-refractivity contribution in [3.05, 3.63) is 59.1 Å². The van der Waals surface area contributed by atoms with Crippen LogP contribution in [-0.2, 0) is 6.54 Å². The van der Waals surface area contributed by atoms with Gasteiger partial charge in [-0.05, 0) is 30.3 Å². The highest BCUT2D eigenvalue weighted by Gasteiger charge is 2.07. The Morgan fingerprint density at radius 3 is 2.62 bits per heavy atom. The number of methoxy groups -OCH3 is 1. The fraction of sp³-hybridized carbons (Fsp3) is 0.278. The van der Waals surface area contributed by atoms with Gasteiger partial charge < -0.3 is 20.3 Å². The third kappa shape index (κ3) is 5.35. The van der Waals surface area contributed by atoms with Crippen LogP contribution in [0.5, 0.6) is 5.75 Å². The van der Waals surface area contributed by atoms with Gasteiger partial charge in [-0.15, -0.1) is 0 Å². The highest BCUT2D eigenvalue weighted by Crippen LogP contribution is 2.22. The molecule has 2 aromatic rings. The molecule has 6 heteroatoms. The molecule has 2 N–H and O–H groups in total. The van der Waals surface area contributed by atoms with Crippen LogP contribution in [0.3, 0.4) is 0 Å². The maximum Gasteiger partial charge on any atom is 0.315 e. The fourth-order valence-corrected chi connectivity index (χ4v) is 2.47. The molecule has 0 atom stereocenters. The van der Waals surface area contributed by atoms with Crippen molar-refractivity contribution in [3.8, 4) is 5.75 Å². The Kier molecular flexibility index (Phi) is 6.75. The van der Waals surface area contributed by atoms with Crippen LogP contribution in [0.25, 0.3) is 0 Å². The summed E-state index contributed by atoms with van der Waals surface area (Å²) in [5, 5.41) is 6.26. The van der Waals surface area contributed by atoms with Gasteiger partial charge in [-0.25, -0.2) is 4.79 Å². The molecule has 0 radical (unpaired) electrons. The lowest BCUT2D eigenvalue weighted by Gasteiger charge is -2.19. The van der Waals surface area contributed by atoms with Crippen molar-refractivity contribution in [1.29, 1.82) is 0 Å². The number of hydrogen-bond acceptors (Lipinski definition) is 3. The standard InChI is InChI=1S/C18H22ClN3O2/c1-22(16-6-4-3-5-7-16)11-10-20-18(23)21-13-14-12-15(19)8-9-17(14)24-2/h3-9,12H,10-11,13H2,1-2H3,(H2,20,21,23). The van der Waals surface area contributed by atoms with Crippen LogP contribution in [0.2, 0.25) is 5.02 Å². The molecule has 0 spiro atoms. The number of ether oxygens (including phenoxy) is 1. The number of amides is 2. The van der Waals surface area contributed by atoms with Gasteiger partial charge in [0.25, 0.3) is 0 Å². The molecule has 2 aromatic carbocycles. The van der Waals surface area contributed by atoms with Crippen molar-refractivity contribution in [3.63, 3.8) is 0 Å². The zero-order valence-electron chi connectivity index (χ0n) is 13.9. The van der Waals surface area contributed by atoms with Crippen molar-refractivity contribution in [2.45, 2.75) is 6.54 Å². The van der Waals surface area contributed by atoms with Crippen LogP contribution in [-0.4, -0.2) is 33.3 Å². The summed E-state index contributed by atoms with van der Waals surface area (Å²) in [5.74, 6) is 0.698. The van der Waals surface area contributed by atoms with Crippen molar-refractivity contribution in [2.75, 3.05) is 32.1 Å². The Morgan fingerprint density at radius 2 is 1.92 bits per heavy atom. The van der Waals surface area contributed by atoms with Crippen molar-refractivity contribution in [1.82, 2.24) is 10.6 Å². The summed E-state index contributed by atoms with van der Waals surface area (Å²) >= 11 is 5.98. The summed E-state index contributed by atoms with van der Waals surface area (Å²) in [5.41, 5.74) is 1.95. The number of para-hydroxylation sites is 1. The molecule has 0 bridgehead atoms. The van der Waals surface area contributed by atoms with E-state index in [9.17, 15) is 4.79 Å². The van der Waals surface area contributed by atoms with Crippen molar-refractivity contribution < 1.29 is 9.53 Å². The Balaban J connectivity index is 1.75. The second-order valence-corrected chi connectivity index (χ2v) is 5.76. The molecule has 0 aliphatic heterocycles. The second kappa shape index (κ2) is 9.03. The number of carbonyl (C=O) groups excluding carboxylic acids is 1. The zero-order chi connectivity index (χ0) is 17.4. The topological polar surface area (TPSA) is 53.6 Å². The molecule has 0 aliphatic rings. The molecule has 2 rings (SSSR count). The lowest BCUT2D eigenvalue weighted by Crippen LogP contribution is -2.39. The minimum absolute atomic E-state index is 0.224. The van der Waals surface area contributed by atoms with Crippen LogP contribution in [0, 0.1) is 0 Å². The summed E-state index contributed by atoms with van der Waals surface area (Å²) < 4.78 is 5.26. The minimum atomic E-state index is -0.224. The van der Waals surface area contributed by atoms with Gasteiger partial charge >= 0.3 is 6.03 Å². The third-order valence-corrected chi connectivity index (χ3v) is 3.85. The molecule has 0 saturated carbocycles. The van der Waals surface area contributed by atoms with Gasteiger partial charge in [0.1, 0.15) is 5.75 Å². The predicted octanol–water partition coefficient (Wildman–Crippen LogP) is 3.28. The lowest BCUT2D eigenvalue weighted by atomic mass is 10.2. The van der Waals surface area contributed by atoms with E-state index in [2.05, 4.69) is 15.5 Å². The Hall–Kier alpha value is -2.40. The van der Waals surface area contributed by atoms with E-state index in [0.717, 1.165) is 17.8 Å². The number of hydrogen-bond donors (Lipinski definition) is 2. The average molecular weight is 348 g/mol. The van der Waals surface area contributed by atoms with E-state index in [4.69, 9.17) is 16.3 Å². The smallest absolute Gasteiger partial charge is 0.315 e. The summed E-state index contributed by atoms with van der Waals surface area (Å²) in [6.45, 7) is 1.62. The molecule has 0 aromatic heterocycles. The highest BCUT2D eigenvalue weighted by molar-refractivity contribution is 6.30. The third-order valence-electron chi connectivity index (χ3n) is 3.61. The molecule has 2 amide bonds. The van der Waals surface area contributed by atoms with E-state index >= 15 is 0 Å². The number of halogens is 1. The molecular weight excluding hydrogens is 326 g/mol. The second-order valence-electron chi connectivity index (χ2n) is 5.32. The molecule has 0 fully saturated rings. The van der Waals surface area contributed by atoms with Crippen LogP contribution in [0.4, 0.5) is 10.5 Å². The van der Waals surface area contributed by atoms with Gasteiger partial charge in [-0.2, -0.15) is 0 Å². The fourth-order valence-electron chi connectivity index (χ4n) is 2.27. The maximum atomic E-state index is 11.9. The quantitative estimate of drug-likeness (QED) is 0.808. The highest BCUT2D eigenvalue weighted by atomic mass is 35.5. The number of rotatable bonds is 7. The van der Waals surface area contributed by atoms with Gasteiger partial charge in [0, 0.05) is 43.0 Å². The SMILES string of the molecule is COc1ccc(Cl)cc1CNC(=O)NCCN(C)c1ccccc1. The van der Waals surface area contributed by atoms with Gasteiger partial charge in [0.05, 0.1) is 7.11 Å². The van der Waals surface area contributed by atoms with E-state index < -0.39 is 0 Å². The van der Waals surface area contributed by atoms with Gasteiger partial charge in [0.15, 0.2) is 0 Å². The summed E-state index contributed by atoms with van der Waals surface area (Å²) in [6.07, 6.45) is 0. The van der Waals surface area contributed by atoms with E-state index in [1.807, 2.05) is 37.4 Å². The Labute approximate surface area is 147 Å². The Bertz CT molecular complexity index is 665. The average Bonchev–Trinajstić information content (AvgIpc) is 2.60. The van der Waals surface area contributed by atoms with E-state index in [0.29, 0.717) is 23.9 Å². The van der Waals surface area contributed by atoms with Gasteiger partial charge in [-0.3, -0.25) is 0 Å². The first kappa shape index (κ1) is 17.9. The number of anilines is 1. The van der Waals surface area contributed by atoms with E-state index in [1.54, 1.807) is 25.3 Å². The molecule has 0 unspecified atom stereocenters. The molecule has 0 heterocycles. The lowest BCUT2D eigenvalue weighted by molar-refractivity contribution is 0.240. The zero-order valence-corrected chi connectivity index (χ0v) is 14.6. The first-order valence-corrected chi connectivity index (χ1v) is 8.08. The number of carbonyl (C=O) groups is 1. The minimum Gasteiger partial charge on any atom is -0.496 e. The molecule has 5 nitrogen and oxygen atoms in total. The van der Waals surface area contributed by atoms with Crippen molar-refractivity contribution >= 4 is 23.3 Å². The molecule has 128 valence electrons. The summed E-state index contributed by atoms with van der Waals surface area (Å²) in [7, 11) is 3.58. The van der Waals surface area contributed by atoms with Gasteiger partial charge in [0.2, 0.25) is 0 Å². The maximum absolute atomic E-state index is 11.9. The first-order valence-electron chi connectivity index (χ1n) is 7.70. The van der Waals surface area contributed by atoms with Crippen LogP contribution < -0.4 is 20.3 Å². The van der Waals surface area contributed by atoms with Crippen LogP contribution >= 0.6 is 11.6 Å². The van der Waals surface area contributed by atoms with Crippen LogP contribution in [0.1, 0.15) is 5.56 Å². The number of nitrogens with one attached hydrogen (secondary N) is 2. The summed E-state index contributed by atoms with van der Waals surface area (Å²) in [4.78, 5) is 14.0. The normalized spacial score (nSPS) is 10.1. The monoisotopic (exact) mass is 347 g/mol. The molecular formula is C18H22ClN3O2. The van der Waals surface area contributed by atoms with Gasteiger partial charge in [-0.1, -0.05) is 29.8 Å². The Morgan fingerprint density at radius 1 is 1.17 bits per heavy atom. The number of nitrogens with zero attached hydrogens (tertiary/aromatic N) is 1. The van der Waals surface area contributed by atoms with Crippen molar-refractivity contribution in [2.24, 2.45) is 0 Å². The largest absolute Gasteiger partial charge is 0.496 e. The molecule has 0 saturated heterocycles. The number of likely N-dealkylation sites (N-methyl/N-ethyl adjacent to an activating group) is 1. The first-order chi connectivity index (χ1) is 11.6.